The molecule has 2 aromatic heterocycles. The molecule has 0 bridgehead atoms. The number of aromatic nitrogens is 4. The Morgan fingerprint density at radius 1 is 1.16 bits per heavy atom. The third kappa shape index (κ3) is 4.36. The van der Waals surface area contributed by atoms with E-state index in [1.165, 1.54) is 12.1 Å². The number of benzene rings is 2. The molecule has 5 rings (SSSR count). The number of H-pyrrole nitrogens is 1. The van der Waals surface area contributed by atoms with Crippen LogP contribution < -0.4 is 0 Å². The Bertz CT molecular complexity index is 1220. The normalized spacial score (nSPS) is 16.4. The second kappa shape index (κ2) is 8.84. The number of morpholine rings is 1. The van der Waals surface area contributed by atoms with E-state index in [-0.39, 0.29) is 17.8 Å². The lowest BCUT2D eigenvalue weighted by Gasteiger charge is -2.32. The second-order valence-electron chi connectivity index (χ2n) is 7.74. The van der Waals surface area contributed by atoms with Crippen LogP contribution in [0.5, 0.6) is 0 Å². The highest BCUT2D eigenvalue weighted by molar-refractivity contribution is 5.77. The van der Waals surface area contributed by atoms with Crippen LogP contribution in [0.3, 0.4) is 0 Å². The Morgan fingerprint density at radius 2 is 2.06 bits per heavy atom. The van der Waals surface area contributed by atoms with Gasteiger partial charge >= 0.3 is 0 Å². The summed E-state index contributed by atoms with van der Waals surface area (Å²) in [7, 11) is 0. The van der Waals surface area contributed by atoms with Crippen LogP contribution in [0.2, 0.25) is 0 Å². The van der Waals surface area contributed by atoms with Gasteiger partial charge in [0.15, 0.2) is 0 Å². The van der Waals surface area contributed by atoms with E-state index in [1.807, 2.05) is 24.3 Å². The largest absolute Gasteiger partial charge is 0.368 e. The highest BCUT2D eigenvalue weighted by atomic mass is 19.1. The van der Waals surface area contributed by atoms with E-state index in [9.17, 15) is 9.18 Å². The van der Waals surface area contributed by atoms with Crippen molar-refractivity contribution in [2.75, 3.05) is 19.7 Å². The highest BCUT2D eigenvalue weighted by Crippen LogP contribution is 2.24. The standard InChI is InChI=1S/C24H22FN5O2/c25-17-5-3-4-16(12-17)20-13-26-14-21(27-20)22-15-30(10-11-32-22)24(31)9-8-23-28-18-6-1-2-7-19(18)29-23/h1-7,12-14,22H,8-11,15H2,(H,28,29)/t22-/m1/s1. The predicted molar refractivity (Wildman–Crippen MR) is 117 cm³/mol. The van der Waals surface area contributed by atoms with E-state index < -0.39 is 0 Å². The van der Waals surface area contributed by atoms with Gasteiger partial charge in [-0.2, -0.15) is 0 Å². The smallest absolute Gasteiger partial charge is 0.223 e. The Kier molecular flexibility index (Phi) is 5.60. The van der Waals surface area contributed by atoms with Crippen molar-refractivity contribution in [3.05, 3.63) is 78.3 Å². The fraction of sp³-hybridized carbons (Fsp3) is 0.250. The van der Waals surface area contributed by atoms with Crippen molar-refractivity contribution < 1.29 is 13.9 Å². The number of rotatable bonds is 5. The minimum atomic E-state index is -0.375. The van der Waals surface area contributed by atoms with Crippen molar-refractivity contribution in [1.29, 1.82) is 0 Å². The number of nitrogens with one attached hydrogen (secondary N) is 1. The summed E-state index contributed by atoms with van der Waals surface area (Å²) in [4.78, 5) is 31.3. The highest BCUT2D eigenvalue weighted by Gasteiger charge is 2.27. The van der Waals surface area contributed by atoms with Crippen LogP contribution in [0.15, 0.2) is 60.9 Å². The number of ether oxygens (including phenoxy) is 1. The third-order valence-electron chi connectivity index (χ3n) is 5.54. The Labute approximate surface area is 184 Å². The van der Waals surface area contributed by atoms with Crippen LogP contribution in [-0.4, -0.2) is 50.4 Å². The van der Waals surface area contributed by atoms with Gasteiger partial charge in [-0.05, 0) is 24.3 Å². The summed E-state index contributed by atoms with van der Waals surface area (Å²) in [6, 6.07) is 14.0. The first kappa shape index (κ1) is 20.3. The predicted octanol–water partition coefficient (Wildman–Crippen LogP) is 3.69. The lowest BCUT2D eigenvalue weighted by atomic mass is 10.1. The van der Waals surface area contributed by atoms with Crippen molar-refractivity contribution in [1.82, 2.24) is 24.8 Å². The lowest BCUT2D eigenvalue weighted by Crippen LogP contribution is -2.42. The van der Waals surface area contributed by atoms with Gasteiger partial charge in [-0.1, -0.05) is 24.3 Å². The molecule has 1 fully saturated rings. The maximum Gasteiger partial charge on any atom is 0.223 e. The molecule has 0 unspecified atom stereocenters. The SMILES string of the molecule is O=C(CCc1nc2ccccc2[nH]1)N1CCO[C@@H](c2cncc(-c3cccc(F)c3)n2)C1. The molecule has 4 aromatic rings. The summed E-state index contributed by atoms with van der Waals surface area (Å²) in [5, 5.41) is 0. The molecule has 8 heteroatoms. The Balaban J connectivity index is 1.25. The number of aryl methyl sites for hydroxylation is 1. The summed E-state index contributed by atoms with van der Waals surface area (Å²) < 4.78 is 19.5. The number of fused-ring (bicyclic) bond motifs is 1. The van der Waals surface area contributed by atoms with Crippen LogP contribution in [0.1, 0.15) is 24.0 Å². The van der Waals surface area contributed by atoms with E-state index >= 15 is 0 Å². The Morgan fingerprint density at radius 3 is 2.94 bits per heavy atom. The number of para-hydroxylation sites is 2. The molecule has 2 aromatic carbocycles. The zero-order valence-corrected chi connectivity index (χ0v) is 17.4. The van der Waals surface area contributed by atoms with Gasteiger partial charge in [0.2, 0.25) is 5.91 Å². The number of nitrogens with zero attached hydrogens (tertiary/aromatic N) is 4. The zero-order chi connectivity index (χ0) is 21.9. The van der Waals surface area contributed by atoms with Gasteiger partial charge in [0.05, 0.1) is 48.0 Å². The van der Waals surface area contributed by atoms with Crippen LogP contribution >= 0.6 is 0 Å². The molecular weight excluding hydrogens is 409 g/mol. The minimum Gasteiger partial charge on any atom is -0.368 e. The number of amides is 1. The van der Waals surface area contributed by atoms with Crippen LogP contribution in [0.4, 0.5) is 4.39 Å². The van der Waals surface area contributed by atoms with Crippen LogP contribution in [0, 0.1) is 5.82 Å². The molecule has 32 heavy (non-hydrogen) atoms. The fourth-order valence-corrected chi connectivity index (χ4v) is 3.89. The van der Waals surface area contributed by atoms with E-state index in [0.717, 1.165) is 16.9 Å². The van der Waals surface area contributed by atoms with Gasteiger partial charge < -0.3 is 14.6 Å². The van der Waals surface area contributed by atoms with E-state index in [4.69, 9.17) is 4.74 Å². The Hall–Kier alpha value is -3.65. The molecule has 0 aliphatic carbocycles. The number of imidazole rings is 1. The molecule has 0 radical (unpaired) electrons. The first-order chi connectivity index (χ1) is 15.7. The first-order valence-corrected chi connectivity index (χ1v) is 10.6. The molecule has 1 aliphatic heterocycles. The molecule has 1 atom stereocenters. The zero-order valence-electron chi connectivity index (χ0n) is 17.4. The maximum atomic E-state index is 13.6. The molecule has 1 amide bonds. The van der Waals surface area contributed by atoms with Crippen molar-refractivity contribution in [3.63, 3.8) is 0 Å². The average molecular weight is 431 g/mol. The van der Waals surface area contributed by atoms with Crippen LogP contribution in [-0.2, 0) is 16.0 Å². The summed E-state index contributed by atoms with van der Waals surface area (Å²) in [5.74, 6) is 0.524. The number of carbonyl (C=O) groups excluding carboxylic acids is 1. The number of carbonyl (C=O) groups is 1. The molecule has 3 heterocycles. The summed E-state index contributed by atoms with van der Waals surface area (Å²) >= 11 is 0. The fourth-order valence-electron chi connectivity index (χ4n) is 3.89. The van der Waals surface area contributed by atoms with Crippen molar-refractivity contribution >= 4 is 16.9 Å². The third-order valence-corrected chi connectivity index (χ3v) is 5.54. The molecule has 1 saturated heterocycles. The van der Waals surface area contributed by atoms with Gasteiger partial charge in [-0.15, -0.1) is 0 Å². The summed E-state index contributed by atoms with van der Waals surface area (Å²) in [6.07, 6.45) is 3.76. The number of aromatic amines is 1. The average Bonchev–Trinajstić information content (AvgIpc) is 3.26. The van der Waals surface area contributed by atoms with Gasteiger partial charge in [-0.25, -0.2) is 14.4 Å². The molecule has 0 saturated carbocycles. The number of halogens is 1. The van der Waals surface area contributed by atoms with Gasteiger partial charge in [0.25, 0.3) is 0 Å². The van der Waals surface area contributed by atoms with E-state index in [1.54, 1.807) is 29.4 Å². The number of hydrogen-bond acceptors (Lipinski definition) is 5. The van der Waals surface area contributed by atoms with Crippen LogP contribution in [0.25, 0.3) is 22.3 Å². The molecular formula is C24H22FN5O2. The van der Waals surface area contributed by atoms with Crippen molar-refractivity contribution in [2.45, 2.75) is 18.9 Å². The topological polar surface area (TPSA) is 84.0 Å². The molecule has 1 N–H and O–H groups in total. The van der Waals surface area contributed by atoms with Gasteiger partial charge in [-0.3, -0.25) is 9.78 Å². The first-order valence-electron chi connectivity index (χ1n) is 10.6. The van der Waals surface area contributed by atoms with E-state index in [0.29, 0.717) is 49.5 Å². The molecule has 0 spiro atoms. The number of hydrogen-bond donors (Lipinski definition) is 1. The monoisotopic (exact) mass is 431 g/mol. The summed E-state index contributed by atoms with van der Waals surface area (Å²) in [6.45, 7) is 1.36. The maximum absolute atomic E-state index is 13.6. The lowest BCUT2D eigenvalue weighted by molar-refractivity contribution is -0.139. The molecule has 7 nitrogen and oxygen atoms in total. The molecule has 1 aliphatic rings. The summed E-state index contributed by atoms with van der Waals surface area (Å²) in [5.41, 5.74) is 3.71. The van der Waals surface area contributed by atoms with Crippen molar-refractivity contribution in [3.8, 4) is 11.3 Å². The minimum absolute atomic E-state index is 0.0491. The quantitative estimate of drug-likeness (QED) is 0.521. The second-order valence-corrected chi connectivity index (χ2v) is 7.74. The van der Waals surface area contributed by atoms with Gasteiger partial charge in [0.1, 0.15) is 17.7 Å². The van der Waals surface area contributed by atoms with Gasteiger partial charge in [0, 0.05) is 24.9 Å². The molecule has 162 valence electrons. The van der Waals surface area contributed by atoms with Crippen molar-refractivity contribution in [2.24, 2.45) is 0 Å². The van der Waals surface area contributed by atoms with E-state index in [2.05, 4.69) is 19.9 Å².